The molecule has 1 aliphatic rings. The first-order chi connectivity index (χ1) is 18.8. The van der Waals surface area contributed by atoms with Crippen LogP contribution in [0.3, 0.4) is 0 Å². The molecular weight excluding hydrogens is 498 g/mol. The average molecular weight is 537 g/mol. The Morgan fingerprint density at radius 2 is 1.69 bits per heavy atom. The quantitative estimate of drug-likeness (QED) is 0.315. The van der Waals surface area contributed by atoms with Gasteiger partial charge in [-0.2, -0.15) is 0 Å². The molecule has 1 fully saturated rings. The van der Waals surface area contributed by atoms with Crippen molar-refractivity contribution < 1.29 is 18.4 Å². The number of rotatable bonds is 10. The summed E-state index contributed by atoms with van der Waals surface area (Å²) in [7, 11) is 0. The lowest BCUT2D eigenvalue weighted by Gasteiger charge is -2.36. The maximum Gasteiger partial charge on any atom is 0.322 e. The molecule has 3 amide bonds. The van der Waals surface area contributed by atoms with E-state index >= 15 is 0 Å². The summed E-state index contributed by atoms with van der Waals surface area (Å²) < 4.78 is 29.7. The van der Waals surface area contributed by atoms with E-state index < -0.39 is 11.8 Å². The standard InChI is InChI=1S/C31H38F2N4O2/c1-23(2)19-36(31(39)34-29-13-7-6-12-28(29)33)22-30(38)37(26-9-4-3-5-10-26)21-27-11-8-18-35(27)20-24-14-16-25(32)17-15-24/h6-8,11-18,23,26H,3-5,9-10,19-22H2,1-2H3,(H,34,39). The van der Waals surface area contributed by atoms with E-state index in [-0.39, 0.29) is 35.9 Å². The van der Waals surface area contributed by atoms with Crippen molar-refractivity contribution in [2.45, 2.75) is 65.1 Å². The van der Waals surface area contributed by atoms with Crippen LogP contribution in [0.2, 0.25) is 0 Å². The molecule has 8 heteroatoms. The predicted molar refractivity (Wildman–Crippen MR) is 149 cm³/mol. The summed E-state index contributed by atoms with van der Waals surface area (Å²) in [6, 6.07) is 16.0. The van der Waals surface area contributed by atoms with Crippen molar-refractivity contribution in [3.8, 4) is 0 Å². The van der Waals surface area contributed by atoms with Crippen molar-refractivity contribution in [1.29, 1.82) is 0 Å². The number of nitrogens with zero attached hydrogens (tertiary/aromatic N) is 3. The third-order valence-electron chi connectivity index (χ3n) is 7.17. The number of nitrogens with one attached hydrogen (secondary N) is 1. The number of para-hydroxylation sites is 1. The van der Waals surface area contributed by atoms with Gasteiger partial charge in [0.1, 0.15) is 18.2 Å². The van der Waals surface area contributed by atoms with Gasteiger partial charge < -0.3 is 19.7 Å². The van der Waals surface area contributed by atoms with Crippen molar-refractivity contribution in [3.63, 3.8) is 0 Å². The molecule has 39 heavy (non-hydrogen) atoms. The summed E-state index contributed by atoms with van der Waals surface area (Å²) in [5.74, 6) is -0.793. The normalized spacial score (nSPS) is 13.9. The largest absolute Gasteiger partial charge is 0.345 e. The van der Waals surface area contributed by atoms with E-state index in [2.05, 4.69) is 9.88 Å². The first-order valence-corrected chi connectivity index (χ1v) is 13.8. The van der Waals surface area contributed by atoms with Gasteiger partial charge in [-0.05, 0) is 60.7 Å². The molecule has 0 unspecified atom stereocenters. The molecule has 1 aliphatic carbocycles. The minimum atomic E-state index is -0.521. The van der Waals surface area contributed by atoms with Crippen LogP contribution in [0.4, 0.5) is 19.3 Å². The molecule has 1 aromatic heterocycles. The van der Waals surface area contributed by atoms with Crippen molar-refractivity contribution >= 4 is 17.6 Å². The van der Waals surface area contributed by atoms with Gasteiger partial charge in [-0.3, -0.25) is 4.79 Å². The van der Waals surface area contributed by atoms with Crippen LogP contribution in [-0.2, 0) is 17.9 Å². The van der Waals surface area contributed by atoms with Crippen molar-refractivity contribution in [2.75, 3.05) is 18.4 Å². The topological polar surface area (TPSA) is 57.6 Å². The summed E-state index contributed by atoms with van der Waals surface area (Å²) in [6.07, 6.45) is 7.11. The van der Waals surface area contributed by atoms with Gasteiger partial charge >= 0.3 is 6.03 Å². The van der Waals surface area contributed by atoms with Crippen LogP contribution in [0.5, 0.6) is 0 Å². The molecule has 3 aromatic rings. The van der Waals surface area contributed by atoms with Crippen molar-refractivity contribution in [1.82, 2.24) is 14.4 Å². The number of hydrogen-bond acceptors (Lipinski definition) is 2. The Bertz CT molecular complexity index is 1240. The van der Waals surface area contributed by atoms with E-state index in [0.717, 1.165) is 43.4 Å². The molecule has 0 aliphatic heterocycles. The summed E-state index contributed by atoms with van der Waals surface area (Å²) in [5, 5.41) is 2.64. The fourth-order valence-electron chi connectivity index (χ4n) is 5.19. The zero-order valence-corrected chi connectivity index (χ0v) is 22.8. The summed E-state index contributed by atoms with van der Waals surface area (Å²) in [4.78, 5) is 30.4. The summed E-state index contributed by atoms with van der Waals surface area (Å²) in [5.41, 5.74) is 2.04. The third-order valence-corrected chi connectivity index (χ3v) is 7.17. The second kappa shape index (κ2) is 13.4. The first-order valence-electron chi connectivity index (χ1n) is 13.8. The maximum atomic E-state index is 14.2. The van der Waals surface area contributed by atoms with Crippen LogP contribution in [0.25, 0.3) is 0 Å². The molecule has 1 heterocycles. The number of halogens is 2. The Kier molecular flexibility index (Phi) is 9.74. The monoisotopic (exact) mass is 536 g/mol. The Hall–Kier alpha value is -3.68. The lowest BCUT2D eigenvalue weighted by molar-refractivity contribution is -0.135. The molecule has 0 saturated heterocycles. The van der Waals surface area contributed by atoms with Gasteiger partial charge in [-0.25, -0.2) is 13.6 Å². The number of aromatic nitrogens is 1. The van der Waals surface area contributed by atoms with Crippen LogP contribution in [0, 0.1) is 17.6 Å². The molecule has 0 atom stereocenters. The smallest absolute Gasteiger partial charge is 0.322 e. The maximum absolute atomic E-state index is 14.2. The fraction of sp³-hybridized carbons (Fsp3) is 0.419. The van der Waals surface area contributed by atoms with E-state index in [4.69, 9.17) is 0 Å². The molecule has 0 bridgehead atoms. The van der Waals surface area contributed by atoms with Crippen molar-refractivity contribution in [2.24, 2.45) is 5.92 Å². The lowest BCUT2D eigenvalue weighted by Crippen LogP contribution is -2.49. The molecule has 1 N–H and O–H groups in total. The Morgan fingerprint density at radius 1 is 0.974 bits per heavy atom. The zero-order chi connectivity index (χ0) is 27.8. The van der Waals surface area contributed by atoms with Gasteiger partial charge in [-0.1, -0.05) is 57.4 Å². The fourth-order valence-corrected chi connectivity index (χ4v) is 5.19. The van der Waals surface area contributed by atoms with Crippen LogP contribution in [-0.4, -0.2) is 45.4 Å². The first kappa shape index (κ1) is 28.3. The predicted octanol–water partition coefficient (Wildman–Crippen LogP) is 6.67. The second-order valence-corrected chi connectivity index (χ2v) is 10.8. The molecule has 1 saturated carbocycles. The molecule has 6 nitrogen and oxygen atoms in total. The average Bonchev–Trinajstić information content (AvgIpc) is 3.36. The molecule has 0 spiro atoms. The SMILES string of the molecule is CC(C)CN(CC(=O)N(Cc1cccn1Cc1ccc(F)cc1)C1CCCCC1)C(=O)Nc1ccccc1F. The van der Waals surface area contributed by atoms with Crippen LogP contribution in [0.1, 0.15) is 57.2 Å². The van der Waals surface area contributed by atoms with E-state index in [1.54, 1.807) is 24.3 Å². The number of carbonyl (C=O) groups is 2. The summed E-state index contributed by atoms with van der Waals surface area (Å²) in [6.45, 7) is 5.23. The van der Waals surface area contributed by atoms with Gasteiger partial charge in [0.15, 0.2) is 0 Å². The lowest BCUT2D eigenvalue weighted by atomic mass is 9.94. The molecular formula is C31H38F2N4O2. The third kappa shape index (κ3) is 7.91. The van der Waals surface area contributed by atoms with E-state index in [1.165, 1.54) is 29.2 Å². The van der Waals surface area contributed by atoms with Gasteiger partial charge in [0.25, 0.3) is 0 Å². The van der Waals surface area contributed by atoms with E-state index in [0.29, 0.717) is 19.6 Å². The number of carbonyl (C=O) groups excluding carboxylic acids is 2. The van der Waals surface area contributed by atoms with Gasteiger partial charge in [0.05, 0.1) is 12.2 Å². The van der Waals surface area contributed by atoms with E-state index in [1.807, 2.05) is 37.1 Å². The van der Waals surface area contributed by atoms with Crippen LogP contribution in [0.15, 0.2) is 66.9 Å². The number of urea groups is 1. The zero-order valence-electron chi connectivity index (χ0n) is 22.8. The molecule has 208 valence electrons. The Balaban J connectivity index is 1.52. The highest BCUT2D eigenvalue weighted by atomic mass is 19.1. The number of hydrogen-bond donors (Lipinski definition) is 1. The summed E-state index contributed by atoms with van der Waals surface area (Å²) >= 11 is 0. The number of benzene rings is 2. The van der Waals surface area contributed by atoms with Gasteiger partial charge in [0, 0.05) is 31.0 Å². The van der Waals surface area contributed by atoms with Crippen molar-refractivity contribution in [3.05, 3.63) is 89.8 Å². The number of anilines is 1. The molecule has 2 aromatic carbocycles. The van der Waals surface area contributed by atoms with Crippen LogP contribution >= 0.6 is 0 Å². The highest BCUT2D eigenvalue weighted by Crippen LogP contribution is 2.25. The highest BCUT2D eigenvalue weighted by Gasteiger charge is 2.29. The second-order valence-electron chi connectivity index (χ2n) is 10.8. The van der Waals surface area contributed by atoms with Gasteiger partial charge in [-0.15, -0.1) is 0 Å². The molecule has 0 radical (unpaired) electrons. The van der Waals surface area contributed by atoms with E-state index in [9.17, 15) is 18.4 Å². The van der Waals surface area contributed by atoms with Crippen LogP contribution < -0.4 is 5.32 Å². The Labute approximate surface area is 229 Å². The minimum Gasteiger partial charge on any atom is -0.345 e. The number of amides is 3. The van der Waals surface area contributed by atoms with Gasteiger partial charge in [0.2, 0.25) is 5.91 Å². The molecule has 4 rings (SSSR count). The minimum absolute atomic E-state index is 0.0893. The Morgan fingerprint density at radius 3 is 2.38 bits per heavy atom. The highest BCUT2D eigenvalue weighted by molar-refractivity contribution is 5.92.